The summed E-state index contributed by atoms with van der Waals surface area (Å²) in [6.07, 6.45) is 1.59. The van der Waals surface area contributed by atoms with Crippen molar-refractivity contribution in [1.29, 1.82) is 0 Å². The second kappa shape index (κ2) is 5.73. The topological polar surface area (TPSA) is 76.7 Å². The standard InChI is InChI=1S/C11H11Cl2N3O3/c1-2-19-11(18)7-5-14-10-8(12)6(3-4-17)9(13)15-16(7)10/h5,17H,2-4H2,1H3. The largest absolute Gasteiger partial charge is 0.461 e. The van der Waals surface area contributed by atoms with E-state index in [1.807, 2.05) is 0 Å². The number of fused-ring (bicyclic) bond motifs is 1. The van der Waals surface area contributed by atoms with Gasteiger partial charge < -0.3 is 9.84 Å². The van der Waals surface area contributed by atoms with Crippen molar-refractivity contribution in [3.8, 4) is 0 Å². The van der Waals surface area contributed by atoms with Crippen molar-refractivity contribution >= 4 is 34.8 Å². The van der Waals surface area contributed by atoms with Crippen molar-refractivity contribution in [1.82, 2.24) is 14.6 Å². The average molecular weight is 304 g/mol. The van der Waals surface area contributed by atoms with Crippen LogP contribution in [-0.2, 0) is 11.2 Å². The Balaban J connectivity index is 2.59. The lowest BCUT2D eigenvalue weighted by atomic mass is 10.2. The highest BCUT2D eigenvalue weighted by molar-refractivity contribution is 6.37. The Labute approximate surface area is 118 Å². The number of hydrogen-bond donors (Lipinski definition) is 1. The van der Waals surface area contributed by atoms with Gasteiger partial charge in [-0.1, -0.05) is 23.2 Å². The molecule has 0 spiro atoms. The van der Waals surface area contributed by atoms with E-state index < -0.39 is 5.97 Å². The van der Waals surface area contributed by atoms with Crippen LogP contribution < -0.4 is 0 Å². The first-order chi connectivity index (χ1) is 9.10. The zero-order valence-corrected chi connectivity index (χ0v) is 11.6. The number of esters is 1. The van der Waals surface area contributed by atoms with Crippen molar-refractivity contribution in [3.63, 3.8) is 0 Å². The zero-order chi connectivity index (χ0) is 14.0. The Kier molecular flexibility index (Phi) is 4.24. The predicted molar refractivity (Wildman–Crippen MR) is 69.8 cm³/mol. The molecule has 0 atom stereocenters. The minimum absolute atomic E-state index is 0.108. The fraction of sp³-hybridized carbons (Fsp3) is 0.364. The van der Waals surface area contributed by atoms with Gasteiger partial charge in [0.05, 0.1) is 17.8 Å². The van der Waals surface area contributed by atoms with Crippen LogP contribution >= 0.6 is 23.2 Å². The lowest BCUT2D eigenvalue weighted by molar-refractivity contribution is 0.0516. The molecule has 6 nitrogen and oxygen atoms in total. The van der Waals surface area contributed by atoms with Gasteiger partial charge in [-0.2, -0.15) is 5.10 Å². The molecule has 1 N–H and O–H groups in total. The number of nitrogens with zero attached hydrogens (tertiary/aromatic N) is 3. The molecular formula is C11H11Cl2N3O3. The number of carbonyl (C=O) groups excluding carboxylic acids is 1. The Morgan fingerprint density at radius 3 is 2.89 bits per heavy atom. The summed E-state index contributed by atoms with van der Waals surface area (Å²) in [4.78, 5) is 15.7. The van der Waals surface area contributed by atoms with Crippen LogP contribution in [-0.4, -0.2) is 38.9 Å². The van der Waals surface area contributed by atoms with E-state index in [9.17, 15) is 4.79 Å². The monoisotopic (exact) mass is 303 g/mol. The Hall–Kier alpha value is -1.37. The summed E-state index contributed by atoms with van der Waals surface area (Å²) in [6, 6.07) is 0. The highest BCUT2D eigenvalue weighted by Gasteiger charge is 2.20. The molecule has 2 rings (SSSR count). The number of hydrogen-bond acceptors (Lipinski definition) is 5. The maximum Gasteiger partial charge on any atom is 0.358 e. The van der Waals surface area contributed by atoms with Gasteiger partial charge in [0, 0.05) is 18.6 Å². The van der Waals surface area contributed by atoms with Gasteiger partial charge in [0.25, 0.3) is 0 Å². The molecule has 8 heteroatoms. The smallest absolute Gasteiger partial charge is 0.358 e. The van der Waals surface area contributed by atoms with E-state index in [4.69, 9.17) is 33.0 Å². The van der Waals surface area contributed by atoms with Crippen molar-refractivity contribution in [2.45, 2.75) is 13.3 Å². The van der Waals surface area contributed by atoms with Crippen LogP contribution in [0.15, 0.2) is 6.20 Å². The average Bonchev–Trinajstić information content (AvgIpc) is 2.78. The van der Waals surface area contributed by atoms with Crippen molar-refractivity contribution in [3.05, 3.63) is 27.6 Å². The molecule has 0 aliphatic carbocycles. The van der Waals surface area contributed by atoms with Crippen LogP contribution in [0.3, 0.4) is 0 Å². The lowest BCUT2D eigenvalue weighted by Gasteiger charge is -2.07. The molecule has 0 fully saturated rings. The predicted octanol–water partition coefficient (Wildman–Crippen LogP) is 1.75. The molecule has 0 bridgehead atoms. The number of aliphatic hydroxyl groups is 1. The van der Waals surface area contributed by atoms with Crippen molar-refractivity contribution in [2.75, 3.05) is 13.2 Å². The molecule has 0 saturated heterocycles. The molecule has 2 aromatic rings. The minimum Gasteiger partial charge on any atom is -0.461 e. The summed E-state index contributed by atoms with van der Waals surface area (Å²) < 4.78 is 6.13. The lowest BCUT2D eigenvalue weighted by Crippen LogP contribution is -2.11. The maximum absolute atomic E-state index is 11.7. The molecule has 0 unspecified atom stereocenters. The van der Waals surface area contributed by atoms with Gasteiger partial charge in [-0.15, -0.1) is 0 Å². The van der Waals surface area contributed by atoms with Gasteiger partial charge in [0.15, 0.2) is 16.5 Å². The number of ether oxygens (including phenoxy) is 1. The molecule has 0 saturated carbocycles. The summed E-state index contributed by atoms with van der Waals surface area (Å²) in [5.74, 6) is -0.551. The SMILES string of the molecule is CCOC(=O)c1cnc2c(Cl)c(CCO)c(Cl)nn12. The fourth-order valence-corrected chi connectivity index (χ4v) is 2.26. The van der Waals surface area contributed by atoms with Gasteiger partial charge in [-0.05, 0) is 6.92 Å². The third-order valence-electron chi connectivity index (χ3n) is 2.48. The number of aliphatic hydroxyl groups excluding tert-OH is 1. The fourth-order valence-electron chi connectivity index (χ4n) is 1.64. The first-order valence-electron chi connectivity index (χ1n) is 5.59. The second-order valence-electron chi connectivity index (χ2n) is 3.66. The second-order valence-corrected chi connectivity index (χ2v) is 4.39. The highest BCUT2D eigenvalue weighted by atomic mass is 35.5. The van der Waals surface area contributed by atoms with Gasteiger partial charge in [-0.3, -0.25) is 0 Å². The molecule has 2 aromatic heterocycles. The van der Waals surface area contributed by atoms with E-state index in [0.717, 1.165) is 0 Å². The van der Waals surface area contributed by atoms with Crippen LogP contribution in [0.25, 0.3) is 5.65 Å². The first-order valence-corrected chi connectivity index (χ1v) is 6.35. The molecule has 0 aliphatic rings. The minimum atomic E-state index is -0.551. The molecular weight excluding hydrogens is 293 g/mol. The molecule has 2 heterocycles. The highest BCUT2D eigenvalue weighted by Crippen LogP contribution is 2.27. The van der Waals surface area contributed by atoms with Crippen molar-refractivity contribution < 1.29 is 14.6 Å². The van der Waals surface area contributed by atoms with Gasteiger partial charge in [0.2, 0.25) is 0 Å². The summed E-state index contributed by atoms with van der Waals surface area (Å²) in [5, 5.41) is 13.4. The number of imidazole rings is 1. The Bertz CT molecular complexity index is 627. The third-order valence-corrected chi connectivity index (χ3v) is 3.18. The van der Waals surface area contributed by atoms with Gasteiger partial charge in [0.1, 0.15) is 0 Å². The molecule has 102 valence electrons. The maximum atomic E-state index is 11.7. The summed E-state index contributed by atoms with van der Waals surface area (Å²) in [6.45, 7) is 1.84. The van der Waals surface area contributed by atoms with E-state index in [1.54, 1.807) is 6.92 Å². The van der Waals surface area contributed by atoms with Crippen LogP contribution in [0, 0.1) is 0 Å². The van der Waals surface area contributed by atoms with Gasteiger partial charge in [-0.25, -0.2) is 14.3 Å². The molecule has 0 radical (unpaired) electrons. The number of carbonyl (C=O) groups is 1. The molecule has 0 aromatic carbocycles. The first kappa shape index (κ1) is 14.0. The Morgan fingerprint density at radius 1 is 1.53 bits per heavy atom. The zero-order valence-electron chi connectivity index (χ0n) is 10.1. The van der Waals surface area contributed by atoms with E-state index >= 15 is 0 Å². The Morgan fingerprint density at radius 2 is 2.26 bits per heavy atom. The van der Waals surface area contributed by atoms with E-state index in [1.165, 1.54) is 10.7 Å². The van der Waals surface area contributed by atoms with Crippen LogP contribution in [0.1, 0.15) is 23.0 Å². The van der Waals surface area contributed by atoms with Gasteiger partial charge >= 0.3 is 5.97 Å². The summed E-state index contributed by atoms with van der Waals surface area (Å²) in [7, 11) is 0. The molecule has 0 amide bonds. The number of halogens is 2. The van der Waals surface area contributed by atoms with Crippen molar-refractivity contribution in [2.24, 2.45) is 0 Å². The number of aromatic nitrogens is 3. The molecule has 0 aliphatic heterocycles. The summed E-state index contributed by atoms with van der Waals surface area (Å²) in [5.41, 5.74) is 0.952. The quantitative estimate of drug-likeness (QED) is 0.871. The molecule has 19 heavy (non-hydrogen) atoms. The van der Waals surface area contributed by atoms with E-state index in [2.05, 4.69) is 10.1 Å². The number of rotatable bonds is 4. The normalized spacial score (nSPS) is 10.9. The van der Waals surface area contributed by atoms with E-state index in [0.29, 0.717) is 11.2 Å². The van der Waals surface area contributed by atoms with Crippen LogP contribution in [0.4, 0.5) is 0 Å². The van der Waals surface area contributed by atoms with Crippen LogP contribution in [0.2, 0.25) is 10.2 Å². The van der Waals surface area contributed by atoms with Crippen LogP contribution in [0.5, 0.6) is 0 Å². The third kappa shape index (κ3) is 2.51. The summed E-state index contributed by atoms with van der Waals surface area (Å²) >= 11 is 12.1. The van der Waals surface area contributed by atoms with E-state index in [-0.39, 0.29) is 35.5 Å².